The normalized spacial score (nSPS) is 23.3. The Morgan fingerprint density at radius 2 is 1.55 bits per heavy atom. The summed E-state index contributed by atoms with van der Waals surface area (Å²) in [5, 5.41) is 2.61. The van der Waals surface area contributed by atoms with E-state index in [1.807, 2.05) is 6.92 Å². The molecule has 1 aliphatic heterocycles. The number of hydrogen-bond acceptors (Lipinski definition) is 7. The number of hydrogen-bond donors (Lipinski definition) is 1. The number of ether oxygens (including phenoxy) is 2. The molecule has 198 valence electrons. The van der Waals surface area contributed by atoms with Crippen molar-refractivity contribution in [3.05, 3.63) is 59.7 Å². The first kappa shape index (κ1) is 25.6. The predicted octanol–water partition coefficient (Wildman–Crippen LogP) is 3.97. The molecule has 9 nitrogen and oxygen atoms in total. The van der Waals surface area contributed by atoms with Crippen LogP contribution in [-0.2, 0) is 23.9 Å². The predicted molar refractivity (Wildman–Crippen MR) is 137 cm³/mol. The Balaban J connectivity index is 1.15. The number of nitrogens with one attached hydrogen (secondary N) is 1. The molecule has 4 atom stereocenters. The standard InChI is InChI=1S/C29H30N2O7/c1-2-3-13-37-28(35)17-9-11-21(12-10-17)30-23(32)16-38-29(36)20-5-4-6-22(15-20)31-26(33)24-18-7-8-19(14-18)25(24)27(31)34/h4-6,9-12,15,18-19,24-25H,2-3,7-8,13-14,16H2,1H3,(H,30,32)/t18-,19-,24-,25-/m0/s1. The molecule has 2 aliphatic carbocycles. The third-order valence-corrected chi connectivity index (χ3v) is 7.74. The van der Waals surface area contributed by atoms with Gasteiger partial charge in [-0.15, -0.1) is 0 Å². The summed E-state index contributed by atoms with van der Waals surface area (Å²) in [6.07, 6.45) is 4.64. The monoisotopic (exact) mass is 518 g/mol. The number of fused-ring (bicyclic) bond motifs is 5. The number of benzene rings is 2. The smallest absolute Gasteiger partial charge is 0.338 e. The van der Waals surface area contributed by atoms with Crippen molar-refractivity contribution in [1.82, 2.24) is 0 Å². The molecule has 3 amide bonds. The largest absolute Gasteiger partial charge is 0.462 e. The average molecular weight is 519 g/mol. The molecule has 2 bridgehead atoms. The molecule has 38 heavy (non-hydrogen) atoms. The van der Waals surface area contributed by atoms with Crippen molar-refractivity contribution in [3.63, 3.8) is 0 Å². The molecule has 5 rings (SSSR count). The van der Waals surface area contributed by atoms with Crippen molar-refractivity contribution in [2.24, 2.45) is 23.7 Å². The Kier molecular flexibility index (Phi) is 7.26. The summed E-state index contributed by atoms with van der Waals surface area (Å²) < 4.78 is 10.3. The molecule has 0 spiro atoms. The summed E-state index contributed by atoms with van der Waals surface area (Å²) in [7, 11) is 0. The molecule has 9 heteroatoms. The summed E-state index contributed by atoms with van der Waals surface area (Å²) in [6.45, 7) is 1.83. The maximum absolute atomic E-state index is 13.1. The number of rotatable bonds is 9. The highest BCUT2D eigenvalue weighted by Crippen LogP contribution is 2.56. The quantitative estimate of drug-likeness (QED) is 0.303. The first-order valence-electron chi connectivity index (χ1n) is 13.1. The first-order valence-corrected chi connectivity index (χ1v) is 13.1. The molecule has 1 N–H and O–H groups in total. The van der Waals surface area contributed by atoms with E-state index in [1.165, 1.54) is 17.0 Å². The van der Waals surface area contributed by atoms with Crippen molar-refractivity contribution in [2.45, 2.75) is 39.0 Å². The SMILES string of the molecule is CCCCOC(=O)c1ccc(NC(=O)COC(=O)c2cccc(N3C(=O)[C@H]4[C@H]5CC[C@@H](C5)[C@@H]4C3=O)c2)cc1. The van der Waals surface area contributed by atoms with E-state index in [2.05, 4.69) is 5.32 Å². The molecular weight excluding hydrogens is 488 g/mol. The lowest BCUT2D eigenvalue weighted by molar-refractivity contribution is -0.123. The number of esters is 2. The zero-order valence-electron chi connectivity index (χ0n) is 21.2. The highest BCUT2D eigenvalue weighted by Gasteiger charge is 2.61. The van der Waals surface area contributed by atoms with Crippen LogP contribution in [0.5, 0.6) is 0 Å². The van der Waals surface area contributed by atoms with Gasteiger partial charge in [0.25, 0.3) is 5.91 Å². The number of nitrogens with zero attached hydrogens (tertiary/aromatic N) is 1. The zero-order chi connectivity index (χ0) is 26.8. The summed E-state index contributed by atoms with van der Waals surface area (Å²) in [5.74, 6) is -2.05. The molecule has 1 saturated heterocycles. The zero-order valence-corrected chi connectivity index (χ0v) is 21.2. The van der Waals surface area contributed by atoms with Crippen LogP contribution in [0.3, 0.4) is 0 Å². The Hall–Kier alpha value is -4.01. The van der Waals surface area contributed by atoms with Gasteiger partial charge in [-0.05, 0) is 80.0 Å². The van der Waals surface area contributed by atoms with Crippen molar-refractivity contribution in [1.29, 1.82) is 0 Å². The highest BCUT2D eigenvalue weighted by molar-refractivity contribution is 6.22. The summed E-state index contributed by atoms with van der Waals surface area (Å²) in [4.78, 5) is 64.3. The Morgan fingerprint density at radius 3 is 2.21 bits per heavy atom. The second-order valence-corrected chi connectivity index (χ2v) is 10.1. The fourth-order valence-corrected chi connectivity index (χ4v) is 5.93. The Bertz CT molecular complexity index is 1240. The third-order valence-electron chi connectivity index (χ3n) is 7.74. The van der Waals surface area contributed by atoms with Gasteiger partial charge in [0.15, 0.2) is 6.61 Å². The second kappa shape index (κ2) is 10.8. The van der Waals surface area contributed by atoms with Crippen molar-refractivity contribution < 1.29 is 33.4 Å². The number of carbonyl (C=O) groups excluding carboxylic acids is 5. The van der Waals surface area contributed by atoms with E-state index in [0.29, 0.717) is 23.5 Å². The molecule has 3 aliphatic rings. The fraction of sp³-hybridized carbons (Fsp3) is 0.414. The van der Waals surface area contributed by atoms with Crippen LogP contribution in [0.4, 0.5) is 11.4 Å². The molecule has 0 unspecified atom stereocenters. The maximum Gasteiger partial charge on any atom is 0.338 e. The van der Waals surface area contributed by atoms with Crippen LogP contribution in [0.15, 0.2) is 48.5 Å². The minimum atomic E-state index is -0.744. The van der Waals surface area contributed by atoms with Gasteiger partial charge in [0, 0.05) is 5.69 Å². The van der Waals surface area contributed by atoms with E-state index in [1.54, 1.807) is 36.4 Å². The van der Waals surface area contributed by atoms with Crippen molar-refractivity contribution >= 4 is 41.0 Å². The lowest BCUT2D eigenvalue weighted by Gasteiger charge is -2.19. The van der Waals surface area contributed by atoms with E-state index in [-0.39, 0.29) is 41.0 Å². The molecule has 2 saturated carbocycles. The average Bonchev–Trinajstić information content (AvgIpc) is 3.61. The van der Waals surface area contributed by atoms with E-state index in [4.69, 9.17) is 9.47 Å². The van der Waals surface area contributed by atoms with E-state index in [9.17, 15) is 24.0 Å². The Morgan fingerprint density at radius 1 is 0.895 bits per heavy atom. The van der Waals surface area contributed by atoms with Crippen molar-refractivity contribution in [3.8, 4) is 0 Å². The van der Waals surface area contributed by atoms with Crippen molar-refractivity contribution in [2.75, 3.05) is 23.4 Å². The van der Waals surface area contributed by atoms with Gasteiger partial charge in [0.05, 0.1) is 35.3 Å². The summed E-state index contributed by atoms with van der Waals surface area (Å²) in [6, 6.07) is 12.4. The Labute approximate surface area is 220 Å². The summed E-state index contributed by atoms with van der Waals surface area (Å²) in [5.41, 5.74) is 1.29. The number of anilines is 2. The van der Waals surface area contributed by atoms with Crippen LogP contribution in [-0.4, -0.2) is 42.9 Å². The van der Waals surface area contributed by atoms with Gasteiger partial charge in [-0.2, -0.15) is 0 Å². The molecule has 2 aromatic carbocycles. The molecule has 0 radical (unpaired) electrons. The van der Waals surface area contributed by atoms with Gasteiger partial charge in [-0.25, -0.2) is 9.59 Å². The van der Waals surface area contributed by atoms with Crippen LogP contribution in [0.25, 0.3) is 0 Å². The van der Waals surface area contributed by atoms with Gasteiger partial charge in [-0.3, -0.25) is 19.3 Å². The lowest BCUT2D eigenvalue weighted by Crippen LogP contribution is -2.32. The maximum atomic E-state index is 13.1. The minimum absolute atomic E-state index is 0.141. The van der Waals surface area contributed by atoms with Crippen LogP contribution in [0, 0.1) is 23.7 Å². The number of imide groups is 1. The number of unbranched alkanes of at least 4 members (excludes halogenated alkanes) is 1. The fourth-order valence-electron chi connectivity index (χ4n) is 5.93. The number of carbonyl (C=O) groups is 5. The lowest BCUT2D eigenvalue weighted by atomic mass is 9.81. The van der Waals surface area contributed by atoms with Gasteiger partial charge in [-0.1, -0.05) is 19.4 Å². The van der Waals surface area contributed by atoms with Crippen LogP contribution in [0.2, 0.25) is 0 Å². The minimum Gasteiger partial charge on any atom is -0.462 e. The molecular formula is C29H30N2O7. The van der Waals surface area contributed by atoms with E-state index >= 15 is 0 Å². The first-order chi connectivity index (χ1) is 18.4. The van der Waals surface area contributed by atoms with Crippen LogP contribution >= 0.6 is 0 Å². The van der Waals surface area contributed by atoms with E-state index < -0.39 is 24.5 Å². The van der Waals surface area contributed by atoms with E-state index in [0.717, 1.165) is 32.1 Å². The second-order valence-electron chi connectivity index (χ2n) is 10.1. The topological polar surface area (TPSA) is 119 Å². The number of amides is 3. The molecule has 3 fully saturated rings. The summed E-state index contributed by atoms with van der Waals surface area (Å²) >= 11 is 0. The molecule has 1 heterocycles. The van der Waals surface area contributed by atoms with Gasteiger partial charge >= 0.3 is 11.9 Å². The van der Waals surface area contributed by atoms with Gasteiger partial charge in [0.1, 0.15) is 0 Å². The molecule has 0 aromatic heterocycles. The van der Waals surface area contributed by atoms with Crippen LogP contribution in [0.1, 0.15) is 59.7 Å². The molecule has 2 aromatic rings. The van der Waals surface area contributed by atoms with Crippen LogP contribution < -0.4 is 10.2 Å². The third kappa shape index (κ3) is 4.92. The van der Waals surface area contributed by atoms with Gasteiger partial charge < -0.3 is 14.8 Å². The van der Waals surface area contributed by atoms with Gasteiger partial charge in [0.2, 0.25) is 11.8 Å². The highest BCUT2D eigenvalue weighted by atomic mass is 16.5.